The topological polar surface area (TPSA) is 63.3 Å². The molecule has 1 rings (SSSR count). The fourth-order valence-electron chi connectivity index (χ4n) is 0.941. The fraction of sp³-hybridized carbons (Fsp3) is 0.375. The molecule has 11 heavy (non-hydrogen) atoms. The maximum atomic E-state index is 11.0. The predicted octanol–water partition coefficient (Wildman–Crippen LogP) is 0.109. The summed E-state index contributed by atoms with van der Waals surface area (Å²) in [6, 6.07) is 0. The predicted molar refractivity (Wildman–Crippen MR) is 41.7 cm³/mol. The third kappa shape index (κ3) is 1.39. The second-order valence-corrected chi connectivity index (χ2v) is 2.84. The highest BCUT2D eigenvalue weighted by molar-refractivity contribution is 6.05. The molecule has 0 aromatic heterocycles. The zero-order chi connectivity index (χ0) is 8.65. The molecule has 0 aromatic rings. The number of rotatable bonds is 0. The van der Waals surface area contributed by atoms with Gasteiger partial charge in [0.25, 0.3) is 0 Å². The van der Waals surface area contributed by atoms with E-state index >= 15 is 0 Å². The van der Waals surface area contributed by atoms with E-state index in [0.717, 1.165) is 0 Å². The molecule has 0 saturated heterocycles. The van der Waals surface area contributed by atoms with Crippen molar-refractivity contribution in [1.82, 2.24) is 0 Å². The lowest BCUT2D eigenvalue weighted by Gasteiger charge is -2.23. The highest BCUT2D eigenvalue weighted by Gasteiger charge is 2.26. The Morgan fingerprint density at radius 3 is 2.55 bits per heavy atom. The third-order valence-corrected chi connectivity index (χ3v) is 1.80. The van der Waals surface area contributed by atoms with Crippen molar-refractivity contribution in [2.75, 3.05) is 0 Å². The summed E-state index contributed by atoms with van der Waals surface area (Å²) in [4.78, 5) is 11.0. The van der Waals surface area contributed by atoms with E-state index in [4.69, 9.17) is 5.73 Å². The SMILES string of the molecule is CC1=CC(N)(O)C(C)=CC1=O. The molecule has 1 unspecified atom stereocenters. The lowest BCUT2D eigenvalue weighted by atomic mass is 9.93. The van der Waals surface area contributed by atoms with Gasteiger partial charge in [-0.25, -0.2) is 0 Å². The van der Waals surface area contributed by atoms with E-state index in [1.54, 1.807) is 13.8 Å². The van der Waals surface area contributed by atoms with Crippen LogP contribution in [0.4, 0.5) is 0 Å². The second-order valence-electron chi connectivity index (χ2n) is 2.84. The maximum absolute atomic E-state index is 11.0. The number of hydrogen-bond acceptors (Lipinski definition) is 3. The zero-order valence-electron chi connectivity index (χ0n) is 6.59. The van der Waals surface area contributed by atoms with Gasteiger partial charge in [0.2, 0.25) is 0 Å². The van der Waals surface area contributed by atoms with Gasteiger partial charge < -0.3 is 5.11 Å². The maximum Gasteiger partial charge on any atom is 0.181 e. The van der Waals surface area contributed by atoms with Crippen LogP contribution in [0.15, 0.2) is 23.3 Å². The van der Waals surface area contributed by atoms with Crippen molar-refractivity contribution in [2.45, 2.75) is 19.6 Å². The van der Waals surface area contributed by atoms with Crippen molar-refractivity contribution >= 4 is 5.78 Å². The van der Waals surface area contributed by atoms with Gasteiger partial charge in [0, 0.05) is 0 Å². The van der Waals surface area contributed by atoms with Gasteiger partial charge >= 0.3 is 0 Å². The first-order valence-corrected chi connectivity index (χ1v) is 3.37. The number of hydrogen-bond donors (Lipinski definition) is 2. The van der Waals surface area contributed by atoms with Crippen molar-refractivity contribution in [3.05, 3.63) is 23.3 Å². The Labute approximate surface area is 65.2 Å². The zero-order valence-corrected chi connectivity index (χ0v) is 6.59. The van der Waals surface area contributed by atoms with Crippen LogP contribution in [0.5, 0.6) is 0 Å². The molecule has 0 spiro atoms. The molecule has 0 aliphatic heterocycles. The van der Waals surface area contributed by atoms with Crippen molar-refractivity contribution in [3.63, 3.8) is 0 Å². The summed E-state index contributed by atoms with van der Waals surface area (Å²) in [6.07, 6.45) is 2.72. The molecule has 0 saturated carbocycles. The number of carbonyl (C=O) groups is 1. The molecule has 1 aliphatic rings. The van der Waals surface area contributed by atoms with Crippen molar-refractivity contribution < 1.29 is 9.90 Å². The van der Waals surface area contributed by atoms with Crippen LogP contribution in [-0.2, 0) is 4.79 Å². The number of allylic oxidation sites excluding steroid dienone is 2. The average molecular weight is 153 g/mol. The minimum atomic E-state index is -1.43. The smallest absolute Gasteiger partial charge is 0.181 e. The largest absolute Gasteiger partial charge is 0.369 e. The van der Waals surface area contributed by atoms with Crippen LogP contribution in [0, 0.1) is 0 Å². The lowest BCUT2D eigenvalue weighted by molar-refractivity contribution is -0.111. The first-order chi connectivity index (χ1) is 4.93. The summed E-state index contributed by atoms with van der Waals surface area (Å²) >= 11 is 0. The molecule has 0 radical (unpaired) electrons. The van der Waals surface area contributed by atoms with Gasteiger partial charge in [-0.15, -0.1) is 0 Å². The van der Waals surface area contributed by atoms with Crippen LogP contribution in [0.3, 0.4) is 0 Å². The van der Waals surface area contributed by atoms with Crippen LogP contribution >= 0.6 is 0 Å². The van der Waals surface area contributed by atoms with Crippen LogP contribution in [-0.4, -0.2) is 16.6 Å². The summed E-state index contributed by atoms with van der Waals surface area (Å²) in [5.74, 6) is -0.0855. The van der Waals surface area contributed by atoms with E-state index in [0.29, 0.717) is 11.1 Å². The molecule has 0 aromatic carbocycles. The Hall–Kier alpha value is -0.930. The highest BCUT2D eigenvalue weighted by Crippen LogP contribution is 2.19. The summed E-state index contributed by atoms with van der Waals surface area (Å²) in [5, 5.41) is 9.41. The number of aliphatic hydroxyl groups is 1. The first-order valence-electron chi connectivity index (χ1n) is 3.37. The molecule has 0 amide bonds. The molecule has 60 valence electrons. The Balaban J connectivity index is 3.08. The van der Waals surface area contributed by atoms with E-state index in [-0.39, 0.29) is 5.78 Å². The van der Waals surface area contributed by atoms with Crippen molar-refractivity contribution in [1.29, 1.82) is 0 Å². The van der Waals surface area contributed by atoms with E-state index in [1.165, 1.54) is 12.2 Å². The third-order valence-electron chi connectivity index (χ3n) is 1.80. The number of ketones is 1. The molecular weight excluding hydrogens is 142 g/mol. The fourth-order valence-corrected chi connectivity index (χ4v) is 0.941. The summed E-state index contributed by atoms with van der Waals surface area (Å²) in [5.41, 5.74) is 4.97. The molecule has 0 fully saturated rings. The van der Waals surface area contributed by atoms with E-state index < -0.39 is 5.72 Å². The standard InChI is InChI=1S/C8H11NO2/c1-5-4-8(9,11)6(2)3-7(5)10/h3-4,11H,9H2,1-2H3. The monoisotopic (exact) mass is 153 g/mol. The molecule has 0 bridgehead atoms. The molecule has 1 aliphatic carbocycles. The van der Waals surface area contributed by atoms with Crippen LogP contribution in [0.2, 0.25) is 0 Å². The molecule has 1 atom stereocenters. The first kappa shape index (κ1) is 8.17. The van der Waals surface area contributed by atoms with E-state index in [9.17, 15) is 9.90 Å². The Morgan fingerprint density at radius 2 is 2.09 bits per heavy atom. The van der Waals surface area contributed by atoms with Crippen molar-refractivity contribution in [2.24, 2.45) is 5.73 Å². The van der Waals surface area contributed by atoms with Gasteiger partial charge in [-0.2, -0.15) is 0 Å². The quantitative estimate of drug-likeness (QED) is 0.485. The normalized spacial score (nSPS) is 31.5. The van der Waals surface area contributed by atoms with Gasteiger partial charge in [0.15, 0.2) is 11.5 Å². The molecule has 3 N–H and O–H groups in total. The number of carbonyl (C=O) groups excluding carboxylic acids is 1. The van der Waals surface area contributed by atoms with E-state index in [2.05, 4.69) is 0 Å². The van der Waals surface area contributed by atoms with Crippen LogP contribution in [0.1, 0.15) is 13.8 Å². The number of nitrogens with two attached hydrogens (primary N) is 1. The van der Waals surface area contributed by atoms with Crippen molar-refractivity contribution in [3.8, 4) is 0 Å². The van der Waals surface area contributed by atoms with Crippen LogP contribution in [0.25, 0.3) is 0 Å². The Kier molecular flexibility index (Phi) is 1.70. The summed E-state index contributed by atoms with van der Waals surface area (Å²) < 4.78 is 0. The molecule has 3 heteroatoms. The van der Waals surface area contributed by atoms with Gasteiger partial charge in [0.1, 0.15) is 0 Å². The second kappa shape index (κ2) is 2.29. The summed E-state index contributed by atoms with van der Waals surface area (Å²) in [7, 11) is 0. The Morgan fingerprint density at radius 1 is 1.55 bits per heavy atom. The summed E-state index contributed by atoms with van der Waals surface area (Å²) in [6.45, 7) is 3.25. The highest BCUT2D eigenvalue weighted by atomic mass is 16.3. The lowest BCUT2D eigenvalue weighted by Crippen LogP contribution is -2.41. The minimum absolute atomic E-state index is 0.0855. The molecule has 0 heterocycles. The Bertz CT molecular complexity index is 261. The minimum Gasteiger partial charge on any atom is -0.369 e. The molecule has 3 nitrogen and oxygen atoms in total. The van der Waals surface area contributed by atoms with E-state index in [1.807, 2.05) is 0 Å². The van der Waals surface area contributed by atoms with Gasteiger partial charge in [-0.05, 0) is 37.1 Å². The molecular formula is C8H11NO2. The van der Waals surface area contributed by atoms with Gasteiger partial charge in [-0.1, -0.05) is 0 Å². The van der Waals surface area contributed by atoms with Gasteiger partial charge in [-0.3, -0.25) is 10.5 Å². The van der Waals surface area contributed by atoms with Crippen LogP contribution < -0.4 is 5.73 Å². The van der Waals surface area contributed by atoms with Gasteiger partial charge in [0.05, 0.1) is 0 Å². The average Bonchev–Trinajstić information content (AvgIpc) is 1.83.